The average Bonchev–Trinajstić information content (AvgIpc) is 1.63. The number of nitrogens with two attached hydrogens (primary N) is 1. The standard InChI is InChI=1S/C5H12N2/c1-4-5(2,6)3-7-4/h4,7H,3,6H2,1-2H3/t4-,5+/m1/s1. The highest BCUT2D eigenvalue weighted by Crippen LogP contribution is 2.12. The van der Waals surface area contributed by atoms with Crippen molar-refractivity contribution in [3.8, 4) is 0 Å². The highest BCUT2D eigenvalue weighted by molar-refractivity contribution is 5.00. The maximum atomic E-state index is 5.70. The third kappa shape index (κ3) is 0.640. The molecule has 1 aliphatic rings. The number of hydrogen-bond donors (Lipinski definition) is 2. The van der Waals surface area contributed by atoms with E-state index in [0.717, 1.165) is 6.54 Å². The van der Waals surface area contributed by atoms with Crippen molar-refractivity contribution >= 4 is 0 Å². The summed E-state index contributed by atoms with van der Waals surface area (Å²) < 4.78 is 0. The van der Waals surface area contributed by atoms with Gasteiger partial charge in [-0.05, 0) is 13.8 Å². The second-order valence-corrected chi connectivity index (χ2v) is 2.61. The van der Waals surface area contributed by atoms with E-state index in [0.29, 0.717) is 6.04 Å². The van der Waals surface area contributed by atoms with E-state index in [1.165, 1.54) is 0 Å². The number of nitrogens with one attached hydrogen (secondary N) is 1. The van der Waals surface area contributed by atoms with Crippen LogP contribution in [0.4, 0.5) is 0 Å². The minimum Gasteiger partial charge on any atom is -0.323 e. The SMILES string of the molecule is C[C@H]1NC[C@]1(C)N. The molecule has 0 radical (unpaired) electrons. The average molecular weight is 100 g/mol. The molecule has 0 bridgehead atoms. The molecule has 0 aromatic heterocycles. The van der Waals surface area contributed by atoms with Gasteiger partial charge in [0.1, 0.15) is 0 Å². The monoisotopic (exact) mass is 100 g/mol. The Hall–Kier alpha value is -0.0800. The lowest BCUT2D eigenvalue weighted by atomic mass is 9.87. The van der Waals surface area contributed by atoms with Gasteiger partial charge in [0.25, 0.3) is 0 Å². The first-order chi connectivity index (χ1) is 3.13. The molecule has 1 saturated heterocycles. The van der Waals surface area contributed by atoms with E-state index in [2.05, 4.69) is 19.2 Å². The Balaban J connectivity index is 2.43. The van der Waals surface area contributed by atoms with Crippen molar-refractivity contribution in [3.05, 3.63) is 0 Å². The van der Waals surface area contributed by atoms with E-state index in [4.69, 9.17) is 5.73 Å². The summed E-state index contributed by atoms with van der Waals surface area (Å²) in [6.07, 6.45) is 0. The molecule has 7 heavy (non-hydrogen) atoms. The van der Waals surface area contributed by atoms with Crippen molar-refractivity contribution in [2.75, 3.05) is 6.54 Å². The lowest BCUT2D eigenvalue weighted by Crippen LogP contribution is -2.70. The molecule has 2 nitrogen and oxygen atoms in total. The second kappa shape index (κ2) is 1.20. The predicted octanol–water partition coefficient (Wildman–Crippen LogP) is -0.305. The van der Waals surface area contributed by atoms with Crippen LogP contribution in [0.15, 0.2) is 0 Å². The van der Waals surface area contributed by atoms with Gasteiger partial charge in [-0.25, -0.2) is 0 Å². The van der Waals surface area contributed by atoms with Gasteiger partial charge in [0.2, 0.25) is 0 Å². The van der Waals surface area contributed by atoms with Crippen LogP contribution >= 0.6 is 0 Å². The summed E-state index contributed by atoms with van der Waals surface area (Å²) in [7, 11) is 0. The van der Waals surface area contributed by atoms with E-state index in [9.17, 15) is 0 Å². The topological polar surface area (TPSA) is 38.0 Å². The molecule has 1 heterocycles. The van der Waals surface area contributed by atoms with Crippen LogP contribution in [0.1, 0.15) is 13.8 Å². The highest BCUT2D eigenvalue weighted by atomic mass is 15.1. The third-order valence-electron chi connectivity index (χ3n) is 1.78. The van der Waals surface area contributed by atoms with E-state index in [-0.39, 0.29) is 5.54 Å². The van der Waals surface area contributed by atoms with E-state index in [1.807, 2.05) is 0 Å². The summed E-state index contributed by atoms with van der Waals surface area (Å²) in [4.78, 5) is 0. The molecule has 0 unspecified atom stereocenters. The van der Waals surface area contributed by atoms with Crippen molar-refractivity contribution in [2.24, 2.45) is 5.73 Å². The van der Waals surface area contributed by atoms with Gasteiger partial charge in [-0.15, -0.1) is 0 Å². The predicted molar refractivity (Wildman–Crippen MR) is 30.1 cm³/mol. The second-order valence-electron chi connectivity index (χ2n) is 2.61. The molecule has 2 atom stereocenters. The maximum absolute atomic E-state index is 5.70. The van der Waals surface area contributed by atoms with E-state index < -0.39 is 0 Å². The first kappa shape index (κ1) is 5.06. The minimum atomic E-state index is 0.0694. The van der Waals surface area contributed by atoms with Gasteiger partial charge >= 0.3 is 0 Å². The molecule has 2 heteroatoms. The van der Waals surface area contributed by atoms with Crippen molar-refractivity contribution in [1.29, 1.82) is 0 Å². The Bertz CT molecular complexity index is 78.1. The zero-order valence-electron chi connectivity index (χ0n) is 4.86. The Morgan fingerprint density at radius 1 is 1.86 bits per heavy atom. The van der Waals surface area contributed by atoms with Gasteiger partial charge in [-0.2, -0.15) is 0 Å². The van der Waals surface area contributed by atoms with Crippen LogP contribution in [0.25, 0.3) is 0 Å². The smallest absolute Gasteiger partial charge is 0.0405 e. The molecule has 1 aliphatic heterocycles. The summed E-state index contributed by atoms with van der Waals surface area (Å²) in [5.41, 5.74) is 5.77. The van der Waals surface area contributed by atoms with E-state index >= 15 is 0 Å². The van der Waals surface area contributed by atoms with Crippen LogP contribution in [0.2, 0.25) is 0 Å². The maximum Gasteiger partial charge on any atom is 0.0405 e. The quantitative estimate of drug-likeness (QED) is 0.438. The molecule has 0 amide bonds. The molecule has 1 fully saturated rings. The van der Waals surface area contributed by atoms with Crippen LogP contribution in [-0.4, -0.2) is 18.1 Å². The molecule has 0 aliphatic carbocycles. The Labute approximate surface area is 44.1 Å². The summed E-state index contributed by atoms with van der Waals surface area (Å²) in [5.74, 6) is 0. The lowest BCUT2D eigenvalue weighted by Gasteiger charge is -2.43. The first-order valence-corrected chi connectivity index (χ1v) is 2.65. The van der Waals surface area contributed by atoms with Crippen molar-refractivity contribution in [2.45, 2.75) is 25.4 Å². The van der Waals surface area contributed by atoms with Crippen molar-refractivity contribution < 1.29 is 0 Å². The molecule has 3 N–H and O–H groups in total. The lowest BCUT2D eigenvalue weighted by molar-refractivity contribution is 0.219. The fourth-order valence-electron chi connectivity index (χ4n) is 0.628. The normalized spacial score (nSPS) is 51.0. The number of rotatable bonds is 0. The van der Waals surface area contributed by atoms with Crippen molar-refractivity contribution in [3.63, 3.8) is 0 Å². The number of hydrogen-bond acceptors (Lipinski definition) is 2. The molecule has 0 aromatic rings. The van der Waals surface area contributed by atoms with Gasteiger partial charge in [0, 0.05) is 18.1 Å². The van der Waals surface area contributed by atoms with Crippen LogP contribution in [0.3, 0.4) is 0 Å². The fourth-order valence-corrected chi connectivity index (χ4v) is 0.628. The zero-order chi connectivity index (χ0) is 5.49. The first-order valence-electron chi connectivity index (χ1n) is 2.65. The Morgan fingerprint density at radius 2 is 2.29 bits per heavy atom. The zero-order valence-corrected chi connectivity index (χ0v) is 4.86. The van der Waals surface area contributed by atoms with E-state index in [1.54, 1.807) is 0 Å². The van der Waals surface area contributed by atoms with Gasteiger partial charge < -0.3 is 11.1 Å². The van der Waals surface area contributed by atoms with Crippen LogP contribution < -0.4 is 11.1 Å². The van der Waals surface area contributed by atoms with Crippen LogP contribution in [-0.2, 0) is 0 Å². The fraction of sp³-hybridized carbons (Fsp3) is 1.00. The van der Waals surface area contributed by atoms with Crippen molar-refractivity contribution in [1.82, 2.24) is 5.32 Å². The molecule has 0 aromatic carbocycles. The van der Waals surface area contributed by atoms with Crippen LogP contribution in [0, 0.1) is 0 Å². The minimum absolute atomic E-state index is 0.0694. The Kier molecular flexibility index (Phi) is 0.869. The largest absolute Gasteiger partial charge is 0.323 e. The summed E-state index contributed by atoms with van der Waals surface area (Å²) >= 11 is 0. The third-order valence-corrected chi connectivity index (χ3v) is 1.78. The molecule has 1 rings (SSSR count). The van der Waals surface area contributed by atoms with Gasteiger partial charge in [0.05, 0.1) is 0 Å². The summed E-state index contributed by atoms with van der Waals surface area (Å²) in [6, 6.07) is 0.507. The molecule has 42 valence electrons. The molecular formula is C5H12N2. The molecule has 0 spiro atoms. The van der Waals surface area contributed by atoms with Crippen LogP contribution in [0.5, 0.6) is 0 Å². The molecular weight excluding hydrogens is 88.1 g/mol. The highest BCUT2D eigenvalue weighted by Gasteiger charge is 2.34. The Morgan fingerprint density at radius 3 is 2.29 bits per heavy atom. The summed E-state index contributed by atoms with van der Waals surface area (Å²) in [5, 5.41) is 3.17. The van der Waals surface area contributed by atoms with Gasteiger partial charge in [-0.1, -0.05) is 0 Å². The van der Waals surface area contributed by atoms with Gasteiger partial charge in [-0.3, -0.25) is 0 Å². The molecule has 0 saturated carbocycles. The summed E-state index contributed by atoms with van der Waals surface area (Å²) in [6.45, 7) is 5.13. The van der Waals surface area contributed by atoms with Gasteiger partial charge in [0.15, 0.2) is 0 Å².